The van der Waals surface area contributed by atoms with Crippen molar-refractivity contribution < 1.29 is 18.3 Å². The summed E-state index contributed by atoms with van der Waals surface area (Å²) in [5.74, 6) is 0.579. The molecule has 0 fully saturated rings. The summed E-state index contributed by atoms with van der Waals surface area (Å²) < 4.78 is 34.2. The SMILES string of the molecule is CN1c2ccc(O)cc2C(C)(C)C12C=Nc1c(cc(S(=O)(=O)c3ccccc3)c3ccccc13)O2. The van der Waals surface area contributed by atoms with E-state index in [1.807, 2.05) is 50.1 Å². The molecule has 0 bridgehead atoms. The van der Waals surface area contributed by atoms with Gasteiger partial charge < -0.3 is 14.7 Å². The van der Waals surface area contributed by atoms with Crippen LogP contribution >= 0.6 is 0 Å². The van der Waals surface area contributed by atoms with Crippen LogP contribution in [0, 0.1) is 0 Å². The first kappa shape index (κ1) is 21.7. The van der Waals surface area contributed by atoms with Crippen LogP contribution in [0.2, 0.25) is 0 Å². The monoisotopic (exact) mass is 484 g/mol. The van der Waals surface area contributed by atoms with Gasteiger partial charge in [-0.2, -0.15) is 0 Å². The molecule has 0 radical (unpaired) electrons. The zero-order valence-electron chi connectivity index (χ0n) is 19.6. The van der Waals surface area contributed by atoms with E-state index in [2.05, 4.69) is 0 Å². The van der Waals surface area contributed by atoms with Crippen molar-refractivity contribution in [2.75, 3.05) is 11.9 Å². The van der Waals surface area contributed by atoms with Gasteiger partial charge in [-0.3, -0.25) is 4.99 Å². The van der Waals surface area contributed by atoms with Crippen molar-refractivity contribution in [3.63, 3.8) is 0 Å². The Balaban J connectivity index is 1.59. The molecule has 0 amide bonds. The van der Waals surface area contributed by atoms with E-state index in [1.165, 1.54) is 0 Å². The summed E-state index contributed by atoms with van der Waals surface area (Å²) in [7, 11) is -1.89. The molecule has 4 aromatic rings. The van der Waals surface area contributed by atoms with Crippen molar-refractivity contribution in [3.05, 3.63) is 84.4 Å². The van der Waals surface area contributed by atoms with Crippen LogP contribution in [-0.4, -0.2) is 32.5 Å². The van der Waals surface area contributed by atoms with Crippen LogP contribution in [-0.2, 0) is 15.3 Å². The van der Waals surface area contributed by atoms with Gasteiger partial charge in [0.05, 0.1) is 21.4 Å². The number of rotatable bonds is 2. The third-order valence-corrected chi connectivity index (χ3v) is 9.14. The predicted octanol–water partition coefficient (Wildman–Crippen LogP) is 5.60. The molecule has 1 unspecified atom stereocenters. The standard InChI is InChI=1S/C28H24N2O4S/c1-27(2)22-15-18(31)13-14-23(22)30(3)28(27)17-29-26-21-12-8-7-11-20(21)25(16-24(26)34-28)35(32,33)19-9-5-4-6-10-19/h4-17,31H,1-3H3. The van der Waals surface area contributed by atoms with E-state index in [-0.39, 0.29) is 15.5 Å². The van der Waals surface area contributed by atoms with Gasteiger partial charge in [-0.25, -0.2) is 8.42 Å². The number of aromatic hydroxyl groups is 1. The van der Waals surface area contributed by atoms with E-state index in [0.29, 0.717) is 22.2 Å². The number of aliphatic imine (C=N–C) groups is 1. The lowest BCUT2D eigenvalue weighted by atomic mass is 9.77. The largest absolute Gasteiger partial charge is 0.508 e. The van der Waals surface area contributed by atoms with Crippen LogP contribution in [0.3, 0.4) is 0 Å². The number of hydrogen-bond acceptors (Lipinski definition) is 6. The average Bonchev–Trinajstić information content (AvgIpc) is 3.01. The molecule has 6 rings (SSSR count). The second-order valence-corrected chi connectivity index (χ2v) is 11.4. The Labute approximate surface area is 204 Å². The van der Waals surface area contributed by atoms with Gasteiger partial charge in [0.15, 0.2) is 5.75 Å². The fourth-order valence-corrected chi connectivity index (χ4v) is 6.86. The number of fused-ring (bicyclic) bond motifs is 4. The number of anilines is 1. The molecule has 1 N–H and O–H groups in total. The first-order valence-corrected chi connectivity index (χ1v) is 12.8. The summed E-state index contributed by atoms with van der Waals surface area (Å²) in [5.41, 5.74) is 0.836. The molecule has 0 aromatic heterocycles. The molecule has 1 atom stereocenters. The zero-order valence-corrected chi connectivity index (χ0v) is 20.4. The van der Waals surface area contributed by atoms with Gasteiger partial charge in [-0.15, -0.1) is 0 Å². The molecule has 0 saturated carbocycles. The molecular formula is C28H24N2O4S. The molecule has 1 spiro atoms. The minimum Gasteiger partial charge on any atom is -0.508 e. The van der Waals surface area contributed by atoms with E-state index in [9.17, 15) is 13.5 Å². The van der Waals surface area contributed by atoms with Crippen LogP contribution in [0.1, 0.15) is 19.4 Å². The number of phenolic OH excluding ortho intramolecular Hbond substituents is 1. The van der Waals surface area contributed by atoms with Crippen LogP contribution < -0.4 is 9.64 Å². The second kappa shape index (κ2) is 7.09. The Hall–Kier alpha value is -3.84. The third-order valence-electron chi connectivity index (χ3n) is 7.33. The highest BCUT2D eigenvalue weighted by atomic mass is 32.2. The van der Waals surface area contributed by atoms with Gasteiger partial charge in [0.1, 0.15) is 11.4 Å². The van der Waals surface area contributed by atoms with Gasteiger partial charge >= 0.3 is 0 Å². The highest BCUT2D eigenvalue weighted by Gasteiger charge is 2.58. The smallest absolute Gasteiger partial charge is 0.228 e. The predicted molar refractivity (Wildman–Crippen MR) is 137 cm³/mol. The van der Waals surface area contributed by atoms with Gasteiger partial charge in [0.25, 0.3) is 0 Å². The summed E-state index contributed by atoms with van der Waals surface area (Å²) in [5, 5.41) is 11.5. The molecule has 2 aliphatic rings. The normalized spacial score (nSPS) is 20.0. The number of likely N-dealkylation sites (N-methyl/N-ethyl adjacent to an activating group) is 1. The van der Waals surface area contributed by atoms with Gasteiger partial charge in [0, 0.05) is 29.6 Å². The number of hydrogen-bond donors (Lipinski definition) is 1. The maximum atomic E-state index is 13.7. The Bertz CT molecular complexity index is 1640. The maximum Gasteiger partial charge on any atom is 0.228 e. The number of benzene rings is 4. The van der Waals surface area contributed by atoms with Crippen molar-refractivity contribution >= 4 is 38.2 Å². The van der Waals surface area contributed by atoms with E-state index in [0.717, 1.165) is 11.3 Å². The molecule has 176 valence electrons. The Morgan fingerprint density at radius 2 is 1.60 bits per heavy atom. The van der Waals surface area contributed by atoms with Crippen LogP contribution in [0.25, 0.3) is 10.8 Å². The molecule has 6 nitrogen and oxygen atoms in total. The lowest BCUT2D eigenvalue weighted by molar-refractivity contribution is 0.0823. The summed E-state index contributed by atoms with van der Waals surface area (Å²) in [6.07, 6.45) is 1.80. The van der Waals surface area contributed by atoms with Crippen molar-refractivity contribution in [1.29, 1.82) is 0 Å². The van der Waals surface area contributed by atoms with E-state index >= 15 is 0 Å². The van der Waals surface area contributed by atoms with Crippen LogP contribution in [0.5, 0.6) is 11.5 Å². The Kier molecular flexibility index (Phi) is 4.39. The number of sulfone groups is 1. The first-order chi connectivity index (χ1) is 16.7. The zero-order chi connectivity index (χ0) is 24.6. The molecule has 4 aromatic carbocycles. The number of ether oxygens (including phenoxy) is 1. The minimum atomic E-state index is -3.81. The Morgan fingerprint density at radius 1 is 0.914 bits per heavy atom. The van der Waals surface area contributed by atoms with E-state index in [1.54, 1.807) is 60.8 Å². The number of nitrogens with zero attached hydrogens (tertiary/aromatic N) is 2. The summed E-state index contributed by atoms with van der Waals surface area (Å²) >= 11 is 0. The average molecular weight is 485 g/mol. The highest BCUT2D eigenvalue weighted by Crippen LogP contribution is 2.55. The minimum absolute atomic E-state index is 0.178. The summed E-state index contributed by atoms with van der Waals surface area (Å²) in [6, 6.07) is 22.6. The van der Waals surface area contributed by atoms with Crippen molar-refractivity contribution in [1.82, 2.24) is 0 Å². The molecule has 35 heavy (non-hydrogen) atoms. The van der Waals surface area contributed by atoms with E-state index in [4.69, 9.17) is 9.73 Å². The Morgan fingerprint density at radius 3 is 2.34 bits per heavy atom. The molecule has 2 heterocycles. The topological polar surface area (TPSA) is 79.2 Å². The molecular weight excluding hydrogens is 460 g/mol. The highest BCUT2D eigenvalue weighted by molar-refractivity contribution is 7.91. The van der Waals surface area contributed by atoms with Gasteiger partial charge in [0.2, 0.25) is 15.6 Å². The first-order valence-electron chi connectivity index (χ1n) is 11.3. The lowest BCUT2D eigenvalue weighted by Crippen LogP contribution is -2.61. The second-order valence-electron chi connectivity index (χ2n) is 9.53. The van der Waals surface area contributed by atoms with Crippen LogP contribution in [0.4, 0.5) is 11.4 Å². The number of phenols is 1. The molecule has 7 heteroatoms. The van der Waals surface area contributed by atoms with Crippen molar-refractivity contribution in [2.24, 2.45) is 4.99 Å². The molecule has 0 aliphatic carbocycles. The van der Waals surface area contributed by atoms with Crippen LogP contribution in [0.15, 0.2) is 93.6 Å². The van der Waals surface area contributed by atoms with Gasteiger partial charge in [-0.1, -0.05) is 42.5 Å². The van der Waals surface area contributed by atoms with E-state index < -0.39 is 21.0 Å². The maximum absolute atomic E-state index is 13.7. The van der Waals surface area contributed by atoms with Gasteiger partial charge in [-0.05, 0) is 49.7 Å². The molecule has 2 aliphatic heterocycles. The van der Waals surface area contributed by atoms with Crippen molar-refractivity contribution in [3.8, 4) is 11.5 Å². The fraction of sp³-hybridized carbons (Fsp3) is 0.179. The lowest BCUT2D eigenvalue weighted by Gasteiger charge is -2.45. The summed E-state index contributed by atoms with van der Waals surface area (Å²) in [4.78, 5) is 7.25. The quantitative estimate of drug-likeness (QED) is 0.401. The molecule has 0 saturated heterocycles. The fourth-order valence-electron chi connectivity index (χ4n) is 5.36. The third kappa shape index (κ3) is 2.82. The summed E-state index contributed by atoms with van der Waals surface area (Å²) in [6.45, 7) is 4.07. The van der Waals surface area contributed by atoms with Crippen molar-refractivity contribution in [2.45, 2.75) is 34.8 Å².